The minimum absolute atomic E-state index is 0.141. The fraction of sp³-hybridized carbons (Fsp3) is 0.385. The highest BCUT2D eigenvalue weighted by molar-refractivity contribution is 5.80. The Morgan fingerprint density at radius 3 is 2.88 bits per heavy atom. The molecular weight excluding hydrogens is 218 g/mol. The zero-order valence-corrected chi connectivity index (χ0v) is 9.34. The van der Waals surface area contributed by atoms with Crippen molar-refractivity contribution in [1.82, 2.24) is 4.98 Å². The van der Waals surface area contributed by atoms with Crippen molar-refractivity contribution in [2.45, 2.75) is 24.7 Å². The Balaban J connectivity index is 1.89. The van der Waals surface area contributed by atoms with Crippen LogP contribution in [0.5, 0.6) is 0 Å². The third kappa shape index (κ3) is 1.84. The Morgan fingerprint density at radius 2 is 2.18 bits per heavy atom. The van der Waals surface area contributed by atoms with Crippen molar-refractivity contribution in [3.05, 3.63) is 36.0 Å². The molecule has 0 aliphatic carbocycles. The molecule has 2 heterocycles. The molecule has 4 nitrogen and oxygen atoms in total. The van der Waals surface area contributed by atoms with Crippen molar-refractivity contribution >= 4 is 10.9 Å². The Morgan fingerprint density at radius 1 is 1.35 bits per heavy atom. The second kappa shape index (κ2) is 4.14. The molecule has 0 amide bonds. The number of benzene rings is 1. The van der Waals surface area contributed by atoms with Crippen LogP contribution in [-0.4, -0.2) is 34.0 Å². The molecule has 4 heteroatoms. The van der Waals surface area contributed by atoms with Crippen LogP contribution >= 0.6 is 0 Å². The van der Waals surface area contributed by atoms with Gasteiger partial charge in [0.2, 0.25) is 0 Å². The van der Waals surface area contributed by atoms with Crippen LogP contribution < -0.4 is 0 Å². The summed E-state index contributed by atoms with van der Waals surface area (Å²) in [5, 5.41) is 19.9. The van der Waals surface area contributed by atoms with E-state index in [0.717, 1.165) is 16.6 Å². The second-order valence-corrected chi connectivity index (χ2v) is 4.46. The molecule has 2 aromatic rings. The number of aromatic nitrogens is 1. The summed E-state index contributed by atoms with van der Waals surface area (Å²) in [6.45, 7) is -0.141. The van der Waals surface area contributed by atoms with Gasteiger partial charge in [0.05, 0.1) is 12.7 Å². The van der Waals surface area contributed by atoms with E-state index >= 15 is 0 Å². The van der Waals surface area contributed by atoms with Crippen LogP contribution in [-0.2, 0) is 4.74 Å². The number of fused-ring (bicyclic) bond motifs is 1. The molecule has 3 N–H and O–H groups in total. The summed E-state index contributed by atoms with van der Waals surface area (Å²) in [6, 6.07) is 10.0. The highest BCUT2D eigenvalue weighted by Gasteiger charge is 2.34. The Kier molecular flexibility index (Phi) is 2.63. The third-order valence-electron chi connectivity index (χ3n) is 3.30. The molecule has 1 fully saturated rings. The average Bonchev–Trinajstić information content (AvgIpc) is 2.91. The SMILES string of the molecule is OC[C@H]1O[C@@H](c2cc3ccccc3[nH]2)C[C@@H]1O. The van der Waals surface area contributed by atoms with E-state index in [1.807, 2.05) is 30.3 Å². The van der Waals surface area contributed by atoms with E-state index in [-0.39, 0.29) is 12.7 Å². The van der Waals surface area contributed by atoms with Gasteiger partial charge in [-0.25, -0.2) is 0 Å². The highest BCUT2D eigenvalue weighted by atomic mass is 16.5. The molecule has 0 bridgehead atoms. The van der Waals surface area contributed by atoms with E-state index in [1.54, 1.807) is 0 Å². The summed E-state index contributed by atoms with van der Waals surface area (Å²) in [6.07, 6.45) is -0.685. The lowest BCUT2D eigenvalue weighted by atomic mass is 10.1. The average molecular weight is 233 g/mol. The monoisotopic (exact) mass is 233 g/mol. The van der Waals surface area contributed by atoms with Crippen molar-refractivity contribution in [2.24, 2.45) is 0 Å². The van der Waals surface area contributed by atoms with Crippen molar-refractivity contribution in [3.63, 3.8) is 0 Å². The topological polar surface area (TPSA) is 65.5 Å². The van der Waals surface area contributed by atoms with E-state index in [2.05, 4.69) is 4.98 Å². The molecule has 1 aliphatic rings. The molecule has 90 valence electrons. The van der Waals surface area contributed by atoms with Crippen LogP contribution in [0.25, 0.3) is 10.9 Å². The lowest BCUT2D eigenvalue weighted by Crippen LogP contribution is -2.24. The van der Waals surface area contributed by atoms with Gasteiger partial charge < -0.3 is 19.9 Å². The molecule has 0 saturated carbocycles. The lowest BCUT2D eigenvalue weighted by Gasteiger charge is -2.10. The van der Waals surface area contributed by atoms with E-state index < -0.39 is 12.2 Å². The number of aliphatic hydroxyl groups is 2. The van der Waals surface area contributed by atoms with Crippen molar-refractivity contribution in [2.75, 3.05) is 6.61 Å². The van der Waals surface area contributed by atoms with Gasteiger partial charge in [-0.2, -0.15) is 0 Å². The van der Waals surface area contributed by atoms with E-state index in [4.69, 9.17) is 9.84 Å². The van der Waals surface area contributed by atoms with Crippen LogP contribution in [0.15, 0.2) is 30.3 Å². The molecule has 1 aromatic carbocycles. The normalized spacial score (nSPS) is 28.9. The molecule has 0 radical (unpaired) electrons. The third-order valence-corrected chi connectivity index (χ3v) is 3.30. The first-order valence-electron chi connectivity index (χ1n) is 5.80. The summed E-state index contributed by atoms with van der Waals surface area (Å²) in [5.41, 5.74) is 2.02. The fourth-order valence-electron chi connectivity index (χ4n) is 2.36. The van der Waals surface area contributed by atoms with Gasteiger partial charge in [-0.1, -0.05) is 18.2 Å². The summed E-state index contributed by atoms with van der Waals surface area (Å²) >= 11 is 0. The van der Waals surface area contributed by atoms with Gasteiger partial charge in [-0.15, -0.1) is 0 Å². The lowest BCUT2D eigenvalue weighted by molar-refractivity contribution is -0.0234. The number of rotatable bonds is 2. The second-order valence-electron chi connectivity index (χ2n) is 4.46. The van der Waals surface area contributed by atoms with Crippen LogP contribution in [0, 0.1) is 0 Å². The largest absolute Gasteiger partial charge is 0.394 e. The van der Waals surface area contributed by atoms with Crippen molar-refractivity contribution < 1.29 is 14.9 Å². The van der Waals surface area contributed by atoms with E-state index in [0.29, 0.717) is 6.42 Å². The van der Waals surface area contributed by atoms with Gasteiger partial charge in [0.25, 0.3) is 0 Å². The Bertz CT molecular complexity index is 489. The summed E-state index contributed by atoms with van der Waals surface area (Å²) in [4.78, 5) is 3.28. The predicted octanol–water partition coefficient (Wildman–Crippen LogP) is 1.35. The fourth-order valence-corrected chi connectivity index (χ4v) is 2.36. The molecule has 17 heavy (non-hydrogen) atoms. The first kappa shape index (κ1) is 10.8. The van der Waals surface area contributed by atoms with Gasteiger partial charge in [0.15, 0.2) is 0 Å². The van der Waals surface area contributed by atoms with Gasteiger partial charge in [0, 0.05) is 17.6 Å². The molecular formula is C13H15NO3. The quantitative estimate of drug-likeness (QED) is 0.733. The van der Waals surface area contributed by atoms with Crippen LogP contribution in [0.3, 0.4) is 0 Å². The van der Waals surface area contributed by atoms with E-state index in [9.17, 15) is 5.11 Å². The Labute approximate surface area is 98.8 Å². The minimum Gasteiger partial charge on any atom is -0.394 e. The number of aromatic amines is 1. The summed E-state index contributed by atoms with van der Waals surface area (Å²) in [7, 11) is 0. The van der Waals surface area contributed by atoms with Crippen LogP contribution in [0.1, 0.15) is 18.2 Å². The van der Waals surface area contributed by atoms with Gasteiger partial charge in [-0.05, 0) is 17.5 Å². The van der Waals surface area contributed by atoms with Crippen LogP contribution in [0.4, 0.5) is 0 Å². The van der Waals surface area contributed by atoms with Crippen molar-refractivity contribution in [3.8, 4) is 0 Å². The number of H-pyrrole nitrogens is 1. The first-order valence-corrected chi connectivity index (χ1v) is 5.80. The minimum atomic E-state index is -0.587. The predicted molar refractivity (Wildman–Crippen MR) is 63.6 cm³/mol. The molecule has 3 rings (SSSR count). The van der Waals surface area contributed by atoms with E-state index in [1.165, 1.54) is 0 Å². The smallest absolute Gasteiger partial charge is 0.107 e. The number of hydrogen-bond acceptors (Lipinski definition) is 3. The standard InChI is InChI=1S/C13H15NO3/c15-7-13-11(16)6-12(17-13)10-5-8-3-1-2-4-9(8)14-10/h1-5,11-16H,6-7H2/t11-,12+,13+/m0/s1. The van der Waals surface area contributed by atoms with Gasteiger partial charge in [0.1, 0.15) is 12.2 Å². The highest BCUT2D eigenvalue weighted by Crippen LogP contribution is 2.33. The zero-order chi connectivity index (χ0) is 11.8. The molecule has 1 aromatic heterocycles. The molecule has 3 atom stereocenters. The number of aliphatic hydroxyl groups excluding tert-OH is 2. The molecule has 1 aliphatic heterocycles. The summed E-state index contributed by atoms with van der Waals surface area (Å²) in [5.74, 6) is 0. The van der Waals surface area contributed by atoms with Crippen LogP contribution in [0.2, 0.25) is 0 Å². The Hall–Kier alpha value is -1.36. The maximum atomic E-state index is 9.70. The number of ether oxygens (including phenoxy) is 1. The first-order chi connectivity index (χ1) is 8.28. The maximum Gasteiger partial charge on any atom is 0.107 e. The van der Waals surface area contributed by atoms with Gasteiger partial charge >= 0.3 is 0 Å². The maximum absolute atomic E-state index is 9.70. The summed E-state index contributed by atoms with van der Waals surface area (Å²) < 4.78 is 5.61. The van der Waals surface area contributed by atoms with Gasteiger partial charge in [-0.3, -0.25) is 0 Å². The molecule has 0 spiro atoms. The molecule has 1 saturated heterocycles. The number of hydrogen-bond donors (Lipinski definition) is 3. The number of nitrogens with one attached hydrogen (secondary N) is 1. The molecule has 0 unspecified atom stereocenters. The van der Waals surface area contributed by atoms with Crippen molar-refractivity contribution in [1.29, 1.82) is 0 Å². The zero-order valence-electron chi connectivity index (χ0n) is 9.34. The number of para-hydroxylation sites is 1.